The van der Waals surface area contributed by atoms with Crippen LogP contribution in [0.5, 0.6) is 11.5 Å². The number of hydrogen-bond donors (Lipinski definition) is 2. The van der Waals surface area contributed by atoms with E-state index in [0.717, 1.165) is 11.1 Å². The highest BCUT2D eigenvalue weighted by Gasteiger charge is 2.18. The van der Waals surface area contributed by atoms with Crippen LogP contribution in [0.15, 0.2) is 53.1 Å². The van der Waals surface area contributed by atoms with E-state index in [-0.39, 0.29) is 37.4 Å². The number of carbonyl (C=O) groups is 2. The zero-order valence-electron chi connectivity index (χ0n) is 15.4. The fourth-order valence-electron chi connectivity index (χ4n) is 2.73. The molecular formula is C20H18N4O5. The first-order valence-corrected chi connectivity index (χ1v) is 8.97. The molecule has 0 saturated carbocycles. The number of aromatic nitrogens is 2. The highest BCUT2D eigenvalue weighted by atomic mass is 16.7. The molecule has 9 nitrogen and oxygen atoms in total. The molecule has 0 fully saturated rings. The quantitative estimate of drug-likeness (QED) is 0.625. The number of hydrogen-bond acceptors (Lipinski definition) is 7. The molecule has 0 aliphatic carbocycles. The van der Waals surface area contributed by atoms with Crippen molar-refractivity contribution >= 4 is 11.8 Å². The van der Waals surface area contributed by atoms with E-state index in [4.69, 9.17) is 14.0 Å². The maximum atomic E-state index is 12.2. The second-order valence-electron chi connectivity index (χ2n) is 6.33. The van der Waals surface area contributed by atoms with E-state index < -0.39 is 5.91 Å². The molecule has 1 aliphatic heterocycles. The van der Waals surface area contributed by atoms with Crippen LogP contribution in [0, 0.1) is 0 Å². The lowest BCUT2D eigenvalue weighted by Crippen LogP contribution is -2.25. The number of rotatable bonds is 7. The normalized spacial score (nSPS) is 11.9. The van der Waals surface area contributed by atoms with Gasteiger partial charge in [-0.1, -0.05) is 41.6 Å². The number of benzene rings is 2. The van der Waals surface area contributed by atoms with Crippen LogP contribution in [0.1, 0.15) is 27.6 Å². The Balaban J connectivity index is 1.26. The fourth-order valence-corrected chi connectivity index (χ4v) is 2.73. The monoisotopic (exact) mass is 394 g/mol. The predicted octanol–water partition coefficient (Wildman–Crippen LogP) is 1.59. The lowest BCUT2D eigenvalue weighted by atomic mass is 10.2. The molecule has 0 atom stereocenters. The Hall–Kier alpha value is -3.88. The molecule has 1 aliphatic rings. The first-order valence-electron chi connectivity index (χ1n) is 8.97. The second kappa shape index (κ2) is 8.42. The van der Waals surface area contributed by atoms with Crippen LogP contribution >= 0.6 is 0 Å². The molecule has 0 unspecified atom stereocenters. The summed E-state index contributed by atoms with van der Waals surface area (Å²) in [6.07, 6.45) is -0.0776. The van der Waals surface area contributed by atoms with Crippen LogP contribution in [0.4, 0.5) is 0 Å². The van der Waals surface area contributed by atoms with Gasteiger partial charge in [0.05, 0.1) is 6.42 Å². The van der Waals surface area contributed by atoms with Gasteiger partial charge in [-0.25, -0.2) is 0 Å². The maximum Gasteiger partial charge on any atom is 0.315 e. The highest BCUT2D eigenvalue weighted by molar-refractivity contribution is 5.89. The Labute approximate surface area is 166 Å². The Morgan fingerprint density at radius 3 is 2.59 bits per heavy atom. The van der Waals surface area contributed by atoms with Crippen molar-refractivity contribution in [3.8, 4) is 11.5 Å². The van der Waals surface area contributed by atoms with Gasteiger partial charge in [0.25, 0.3) is 0 Å². The van der Waals surface area contributed by atoms with Crippen molar-refractivity contribution in [3.05, 3.63) is 71.4 Å². The average Bonchev–Trinajstić information content (AvgIpc) is 3.40. The topological polar surface area (TPSA) is 116 Å². The minimum atomic E-state index is -0.522. The Morgan fingerprint density at radius 2 is 1.72 bits per heavy atom. The molecule has 2 amide bonds. The van der Waals surface area contributed by atoms with Gasteiger partial charge in [0.1, 0.15) is 0 Å². The summed E-state index contributed by atoms with van der Waals surface area (Å²) >= 11 is 0. The Kier molecular flexibility index (Phi) is 5.37. The van der Waals surface area contributed by atoms with E-state index in [9.17, 15) is 9.59 Å². The molecule has 148 valence electrons. The van der Waals surface area contributed by atoms with Crippen molar-refractivity contribution in [2.24, 2.45) is 0 Å². The smallest absolute Gasteiger partial charge is 0.315 e. The van der Waals surface area contributed by atoms with Crippen molar-refractivity contribution in [3.63, 3.8) is 0 Å². The van der Waals surface area contributed by atoms with Gasteiger partial charge in [-0.3, -0.25) is 9.59 Å². The first-order chi connectivity index (χ1) is 14.2. The van der Waals surface area contributed by atoms with Crippen molar-refractivity contribution in [1.29, 1.82) is 0 Å². The number of nitrogens with zero attached hydrogens (tertiary/aromatic N) is 2. The van der Waals surface area contributed by atoms with Gasteiger partial charge in [-0.2, -0.15) is 4.98 Å². The largest absolute Gasteiger partial charge is 0.454 e. The first kappa shape index (κ1) is 18.5. The third-order valence-corrected chi connectivity index (χ3v) is 4.20. The minimum absolute atomic E-state index is 0.0776. The van der Waals surface area contributed by atoms with E-state index in [1.54, 1.807) is 12.1 Å². The van der Waals surface area contributed by atoms with Gasteiger partial charge in [0.15, 0.2) is 17.3 Å². The number of fused-ring (bicyclic) bond motifs is 1. The molecule has 1 aromatic heterocycles. The SMILES string of the molecule is O=C(Cc1noc(C(=O)NCc2ccc3c(c2)OCO3)n1)NCc1ccccc1. The van der Waals surface area contributed by atoms with E-state index in [0.29, 0.717) is 18.0 Å². The van der Waals surface area contributed by atoms with Gasteiger partial charge < -0.3 is 24.6 Å². The molecule has 9 heteroatoms. The summed E-state index contributed by atoms with van der Waals surface area (Å²) in [6.45, 7) is 0.847. The van der Waals surface area contributed by atoms with Crippen LogP contribution in [0.25, 0.3) is 0 Å². The van der Waals surface area contributed by atoms with E-state index in [1.165, 1.54) is 0 Å². The maximum absolute atomic E-state index is 12.2. The third-order valence-electron chi connectivity index (χ3n) is 4.20. The molecule has 2 aromatic carbocycles. The number of nitrogens with one attached hydrogen (secondary N) is 2. The number of ether oxygens (including phenoxy) is 2. The van der Waals surface area contributed by atoms with Crippen molar-refractivity contribution in [1.82, 2.24) is 20.8 Å². The van der Waals surface area contributed by atoms with Gasteiger partial charge in [-0.05, 0) is 23.3 Å². The van der Waals surface area contributed by atoms with Crippen LogP contribution in [-0.2, 0) is 24.3 Å². The summed E-state index contributed by atoms with van der Waals surface area (Å²) in [6, 6.07) is 14.9. The summed E-state index contributed by atoms with van der Waals surface area (Å²) in [7, 11) is 0. The molecule has 0 spiro atoms. The molecule has 3 aromatic rings. The van der Waals surface area contributed by atoms with Gasteiger partial charge in [0, 0.05) is 13.1 Å². The van der Waals surface area contributed by atoms with Crippen LogP contribution < -0.4 is 20.1 Å². The van der Waals surface area contributed by atoms with Gasteiger partial charge >= 0.3 is 11.8 Å². The number of carbonyl (C=O) groups excluding carboxylic acids is 2. The number of amides is 2. The second-order valence-corrected chi connectivity index (χ2v) is 6.33. The molecule has 29 heavy (non-hydrogen) atoms. The van der Waals surface area contributed by atoms with E-state index in [2.05, 4.69) is 20.8 Å². The predicted molar refractivity (Wildman–Crippen MR) is 100 cm³/mol. The van der Waals surface area contributed by atoms with Crippen LogP contribution in [0.3, 0.4) is 0 Å². The molecule has 0 saturated heterocycles. The average molecular weight is 394 g/mol. The summed E-state index contributed by atoms with van der Waals surface area (Å²) in [4.78, 5) is 28.2. The third kappa shape index (κ3) is 4.70. The van der Waals surface area contributed by atoms with Crippen LogP contribution in [0.2, 0.25) is 0 Å². The minimum Gasteiger partial charge on any atom is -0.454 e. The van der Waals surface area contributed by atoms with Crippen molar-refractivity contribution in [2.45, 2.75) is 19.5 Å². The van der Waals surface area contributed by atoms with E-state index in [1.807, 2.05) is 36.4 Å². The standard InChI is InChI=1S/C20H18N4O5/c25-18(21-10-13-4-2-1-3-5-13)9-17-23-20(29-24-17)19(26)22-11-14-6-7-15-16(8-14)28-12-27-15/h1-8H,9-12H2,(H,21,25)(H,22,26). The van der Waals surface area contributed by atoms with Crippen LogP contribution in [-0.4, -0.2) is 28.7 Å². The molecule has 0 bridgehead atoms. The summed E-state index contributed by atoms with van der Waals surface area (Å²) in [5, 5.41) is 9.15. The molecule has 4 rings (SSSR count). The Morgan fingerprint density at radius 1 is 0.931 bits per heavy atom. The summed E-state index contributed by atoms with van der Waals surface area (Å²) < 4.78 is 15.5. The zero-order chi connectivity index (χ0) is 20.1. The summed E-state index contributed by atoms with van der Waals surface area (Å²) in [5.74, 6) is 0.471. The lowest BCUT2D eigenvalue weighted by molar-refractivity contribution is -0.120. The van der Waals surface area contributed by atoms with Crippen molar-refractivity contribution < 1.29 is 23.6 Å². The highest BCUT2D eigenvalue weighted by Crippen LogP contribution is 2.32. The molecule has 2 N–H and O–H groups in total. The lowest BCUT2D eigenvalue weighted by Gasteiger charge is -2.04. The molecule has 0 radical (unpaired) electrons. The van der Waals surface area contributed by atoms with Gasteiger partial charge in [-0.15, -0.1) is 0 Å². The zero-order valence-corrected chi connectivity index (χ0v) is 15.4. The fraction of sp³-hybridized carbons (Fsp3) is 0.200. The molecule has 2 heterocycles. The van der Waals surface area contributed by atoms with Crippen molar-refractivity contribution in [2.75, 3.05) is 6.79 Å². The molecular weight excluding hydrogens is 376 g/mol. The summed E-state index contributed by atoms with van der Waals surface area (Å²) in [5.41, 5.74) is 1.82. The van der Waals surface area contributed by atoms with Gasteiger partial charge in [0.2, 0.25) is 12.7 Å². The van der Waals surface area contributed by atoms with E-state index >= 15 is 0 Å². The Bertz CT molecular complexity index is 1020.